The van der Waals surface area contributed by atoms with Gasteiger partial charge in [-0.3, -0.25) is 4.98 Å². The average Bonchev–Trinajstić information content (AvgIpc) is 2.50. The van der Waals surface area contributed by atoms with Crippen LogP contribution in [0.5, 0.6) is 0 Å². The quantitative estimate of drug-likeness (QED) is 0.770. The van der Waals surface area contributed by atoms with Crippen LogP contribution in [0.2, 0.25) is 0 Å². The molecule has 2 atom stereocenters. The molecule has 1 aromatic heterocycles. The number of rotatable bonds is 2. The summed E-state index contributed by atoms with van der Waals surface area (Å²) in [4.78, 5) is 8.83. The second-order valence-electron chi connectivity index (χ2n) is 5.00. The van der Waals surface area contributed by atoms with E-state index in [2.05, 4.69) is 15.3 Å². The Morgan fingerprint density at radius 1 is 1.24 bits per heavy atom. The van der Waals surface area contributed by atoms with Gasteiger partial charge in [-0.2, -0.15) is 0 Å². The van der Waals surface area contributed by atoms with Crippen LogP contribution in [0.15, 0.2) is 6.20 Å². The second-order valence-corrected chi connectivity index (χ2v) is 5.00. The van der Waals surface area contributed by atoms with Gasteiger partial charge in [0.1, 0.15) is 5.82 Å². The smallest absolute Gasteiger partial charge is 0.148 e. The molecule has 0 bridgehead atoms. The Kier molecular flexibility index (Phi) is 3.94. The van der Waals surface area contributed by atoms with E-state index in [1.54, 1.807) is 6.20 Å². The van der Waals surface area contributed by atoms with Gasteiger partial charge in [0.15, 0.2) is 0 Å². The third-order valence-corrected chi connectivity index (χ3v) is 3.47. The molecular formula is C13H22N4. The zero-order chi connectivity index (χ0) is 12.3. The fourth-order valence-electron chi connectivity index (χ4n) is 2.37. The highest BCUT2D eigenvalue weighted by Crippen LogP contribution is 2.20. The van der Waals surface area contributed by atoms with Gasteiger partial charge in [0, 0.05) is 18.3 Å². The van der Waals surface area contributed by atoms with Crippen LogP contribution in [0.3, 0.4) is 0 Å². The first-order valence-corrected chi connectivity index (χ1v) is 6.49. The number of aromatic nitrogens is 2. The van der Waals surface area contributed by atoms with Crippen molar-refractivity contribution in [3.05, 3.63) is 17.6 Å². The van der Waals surface area contributed by atoms with E-state index in [0.29, 0.717) is 6.04 Å². The highest BCUT2D eigenvalue weighted by Gasteiger charge is 2.21. The summed E-state index contributed by atoms with van der Waals surface area (Å²) < 4.78 is 0. The lowest BCUT2D eigenvalue weighted by Gasteiger charge is -2.23. The van der Waals surface area contributed by atoms with Gasteiger partial charge in [-0.15, -0.1) is 0 Å². The van der Waals surface area contributed by atoms with Crippen molar-refractivity contribution in [1.82, 2.24) is 9.97 Å². The van der Waals surface area contributed by atoms with E-state index < -0.39 is 0 Å². The Bertz CT molecular complexity index is 378. The monoisotopic (exact) mass is 234 g/mol. The molecule has 94 valence electrons. The Morgan fingerprint density at radius 3 is 2.82 bits per heavy atom. The lowest BCUT2D eigenvalue weighted by molar-refractivity contribution is 0.526. The molecule has 0 amide bonds. The minimum Gasteiger partial charge on any atom is -0.364 e. The molecule has 2 unspecified atom stereocenters. The van der Waals surface area contributed by atoms with Gasteiger partial charge in [-0.25, -0.2) is 4.98 Å². The molecule has 0 aromatic carbocycles. The molecule has 0 radical (unpaired) electrons. The molecule has 1 saturated carbocycles. The first-order valence-electron chi connectivity index (χ1n) is 6.49. The largest absolute Gasteiger partial charge is 0.364 e. The van der Waals surface area contributed by atoms with Gasteiger partial charge in [0.05, 0.1) is 11.4 Å². The van der Waals surface area contributed by atoms with Gasteiger partial charge in [-0.05, 0) is 26.7 Å². The molecule has 3 N–H and O–H groups in total. The van der Waals surface area contributed by atoms with Gasteiger partial charge < -0.3 is 11.1 Å². The number of aryl methyl sites for hydroxylation is 2. The maximum Gasteiger partial charge on any atom is 0.148 e. The molecule has 2 rings (SSSR count). The maximum absolute atomic E-state index is 6.20. The van der Waals surface area contributed by atoms with Crippen LogP contribution >= 0.6 is 0 Å². The number of hydrogen-bond donors (Lipinski definition) is 2. The highest BCUT2D eigenvalue weighted by atomic mass is 15.1. The summed E-state index contributed by atoms with van der Waals surface area (Å²) in [7, 11) is 0. The minimum atomic E-state index is 0.235. The summed E-state index contributed by atoms with van der Waals surface area (Å²) in [5.74, 6) is 0.896. The molecule has 4 nitrogen and oxygen atoms in total. The van der Waals surface area contributed by atoms with Crippen molar-refractivity contribution in [1.29, 1.82) is 0 Å². The van der Waals surface area contributed by atoms with Crippen LogP contribution in [0.25, 0.3) is 0 Å². The van der Waals surface area contributed by atoms with Crippen LogP contribution in [-0.2, 0) is 0 Å². The van der Waals surface area contributed by atoms with E-state index in [4.69, 9.17) is 5.73 Å². The summed E-state index contributed by atoms with van der Waals surface area (Å²) >= 11 is 0. The fraction of sp³-hybridized carbons (Fsp3) is 0.692. The van der Waals surface area contributed by atoms with Crippen LogP contribution < -0.4 is 11.1 Å². The lowest BCUT2D eigenvalue weighted by atomic mass is 10.0. The number of hydrogen-bond acceptors (Lipinski definition) is 4. The zero-order valence-corrected chi connectivity index (χ0v) is 10.7. The van der Waals surface area contributed by atoms with E-state index in [9.17, 15) is 0 Å². The van der Waals surface area contributed by atoms with Crippen molar-refractivity contribution in [2.24, 2.45) is 5.73 Å². The molecule has 1 aliphatic rings. The number of nitrogens with one attached hydrogen (secondary N) is 1. The number of nitrogens with zero attached hydrogens (tertiary/aromatic N) is 2. The third kappa shape index (κ3) is 3.16. The summed E-state index contributed by atoms with van der Waals surface area (Å²) in [6, 6.07) is 0.575. The average molecular weight is 234 g/mol. The van der Waals surface area contributed by atoms with Gasteiger partial charge in [0.2, 0.25) is 0 Å². The summed E-state index contributed by atoms with van der Waals surface area (Å²) in [6.45, 7) is 3.95. The normalized spacial score (nSPS) is 25.4. The van der Waals surface area contributed by atoms with Crippen molar-refractivity contribution in [2.75, 3.05) is 5.32 Å². The highest BCUT2D eigenvalue weighted by molar-refractivity contribution is 5.41. The Hall–Kier alpha value is -1.16. The standard InChI is InChI=1S/C13H22N4/c1-9-8-15-10(2)13(16-9)17-12-7-5-3-4-6-11(12)14/h8,11-12H,3-7,14H2,1-2H3,(H,16,17). The number of anilines is 1. The predicted molar refractivity (Wildman–Crippen MR) is 70.0 cm³/mol. The molecule has 0 saturated heterocycles. The van der Waals surface area contributed by atoms with E-state index in [1.807, 2.05) is 13.8 Å². The van der Waals surface area contributed by atoms with Gasteiger partial charge in [0.25, 0.3) is 0 Å². The first kappa shape index (κ1) is 12.3. The van der Waals surface area contributed by atoms with E-state index in [1.165, 1.54) is 19.3 Å². The van der Waals surface area contributed by atoms with Crippen molar-refractivity contribution in [2.45, 2.75) is 58.0 Å². The molecule has 1 heterocycles. The van der Waals surface area contributed by atoms with Crippen molar-refractivity contribution in [3.63, 3.8) is 0 Å². The Balaban J connectivity index is 2.10. The lowest BCUT2D eigenvalue weighted by Crippen LogP contribution is -2.39. The van der Waals surface area contributed by atoms with Crippen molar-refractivity contribution < 1.29 is 0 Å². The Labute approximate surface area is 103 Å². The van der Waals surface area contributed by atoms with E-state index in [0.717, 1.165) is 30.0 Å². The molecule has 1 fully saturated rings. The van der Waals surface area contributed by atoms with E-state index in [-0.39, 0.29) is 6.04 Å². The second kappa shape index (κ2) is 5.45. The fourth-order valence-corrected chi connectivity index (χ4v) is 2.37. The molecule has 1 aromatic rings. The summed E-state index contributed by atoms with van der Waals surface area (Å²) in [6.07, 6.45) is 7.84. The van der Waals surface area contributed by atoms with Gasteiger partial charge in [-0.1, -0.05) is 19.3 Å². The van der Waals surface area contributed by atoms with Crippen LogP contribution in [0.1, 0.15) is 43.5 Å². The first-order chi connectivity index (χ1) is 8.16. The number of nitrogens with two attached hydrogens (primary N) is 1. The van der Waals surface area contributed by atoms with Crippen LogP contribution in [-0.4, -0.2) is 22.1 Å². The molecule has 0 aliphatic heterocycles. The minimum absolute atomic E-state index is 0.235. The SMILES string of the molecule is Cc1cnc(C)c(NC2CCCCCC2N)n1. The topological polar surface area (TPSA) is 63.8 Å². The van der Waals surface area contributed by atoms with Gasteiger partial charge >= 0.3 is 0 Å². The molecule has 17 heavy (non-hydrogen) atoms. The zero-order valence-electron chi connectivity index (χ0n) is 10.7. The maximum atomic E-state index is 6.20. The van der Waals surface area contributed by atoms with Crippen LogP contribution in [0.4, 0.5) is 5.82 Å². The molecule has 4 heteroatoms. The van der Waals surface area contributed by atoms with Crippen LogP contribution in [0, 0.1) is 13.8 Å². The Morgan fingerprint density at radius 2 is 2.00 bits per heavy atom. The third-order valence-electron chi connectivity index (χ3n) is 3.47. The van der Waals surface area contributed by atoms with E-state index >= 15 is 0 Å². The molecular weight excluding hydrogens is 212 g/mol. The summed E-state index contributed by atoms with van der Waals surface area (Å²) in [5, 5.41) is 3.48. The molecule has 0 spiro atoms. The predicted octanol–water partition coefficient (Wildman–Crippen LogP) is 2.17. The van der Waals surface area contributed by atoms with Crippen molar-refractivity contribution in [3.8, 4) is 0 Å². The summed E-state index contributed by atoms with van der Waals surface area (Å²) in [5.41, 5.74) is 8.10. The van der Waals surface area contributed by atoms with Crippen molar-refractivity contribution >= 4 is 5.82 Å². The molecule has 1 aliphatic carbocycles.